The second kappa shape index (κ2) is 23.7. The van der Waals surface area contributed by atoms with Crippen LogP contribution in [0.4, 0.5) is 0 Å². The van der Waals surface area contributed by atoms with Crippen LogP contribution in [-0.4, -0.2) is 55.2 Å². The maximum absolute atomic E-state index is 9.06. The topological polar surface area (TPSA) is 123 Å². The third-order valence-electron chi connectivity index (χ3n) is 4.28. The molecule has 2 unspecified atom stereocenters. The Bertz CT molecular complexity index is 358. The van der Waals surface area contributed by atoms with E-state index < -0.39 is 0 Å². The minimum absolute atomic E-state index is 0.00249. The molecule has 0 saturated carbocycles. The van der Waals surface area contributed by atoms with Gasteiger partial charge in [-0.3, -0.25) is 4.99 Å². The first kappa shape index (κ1) is 28.9. The van der Waals surface area contributed by atoms with E-state index in [1.54, 1.807) is 13.0 Å². The van der Waals surface area contributed by atoms with E-state index in [4.69, 9.17) is 31.2 Å². The van der Waals surface area contributed by atoms with Crippen molar-refractivity contribution in [1.82, 2.24) is 0 Å². The first-order valence-electron chi connectivity index (χ1n) is 10.6. The molecule has 6 N–H and O–H groups in total. The average Bonchev–Trinajstić information content (AvgIpc) is 2.73. The van der Waals surface area contributed by atoms with Crippen molar-refractivity contribution in [3.05, 3.63) is 12.3 Å². The van der Waals surface area contributed by atoms with E-state index in [2.05, 4.69) is 11.9 Å². The fraction of sp³-hybridized carbons (Fsp3) is 0.857. The van der Waals surface area contributed by atoms with Crippen LogP contribution in [0.25, 0.3) is 0 Å². The van der Waals surface area contributed by atoms with E-state index in [9.17, 15) is 0 Å². The van der Waals surface area contributed by atoms with E-state index in [1.807, 2.05) is 0 Å². The fourth-order valence-corrected chi connectivity index (χ4v) is 2.61. The number of hydrogen-bond donors (Lipinski definition) is 4. The second-order valence-corrected chi connectivity index (χ2v) is 6.80. The molecule has 2 atom stereocenters. The molecule has 1 heterocycles. The van der Waals surface area contributed by atoms with Crippen molar-refractivity contribution in [3.63, 3.8) is 0 Å². The molecule has 7 nitrogen and oxygen atoms in total. The van der Waals surface area contributed by atoms with Gasteiger partial charge in [0.15, 0.2) is 5.96 Å². The largest absolute Gasteiger partial charge is 0.516 e. The van der Waals surface area contributed by atoms with Gasteiger partial charge in [0.2, 0.25) is 0 Å². The summed E-state index contributed by atoms with van der Waals surface area (Å²) in [6.07, 6.45) is 15.4. The molecule has 1 aliphatic heterocycles. The Morgan fingerprint density at radius 2 is 1.68 bits per heavy atom. The van der Waals surface area contributed by atoms with Gasteiger partial charge in [0.1, 0.15) is 0 Å². The molecule has 1 fully saturated rings. The van der Waals surface area contributed by atoms with Crippen LogP contribution in [0.15, 0.2) is 17.3 Å². The molecule has 0 spiro atoms. The maximum atomic E-state index is 9.06. The van der Waals surface area contributed by atoms with Crippen LogP contribution >= 0.6 is 0 Å². The molecule has 0 aromatic rings. The van der Waals surface area contributed by atoms with E-state index in [0.717, 1.165) is 32.3 Å². The van der Waals surface area contributed by atoms with Crippen molar-refractivity contribution < 1.29 is 19.7 Å². The van der Waals surface area contributed by atoms with E-state index >= 15 is 0 Å². The van der Waals surface area contributed by atoms with E-state index in [-0.39, 0.29) is 18.7 Å². The lowest BCUT2D eigenvalue weighted by Crippen LogP contribution is -2.33. The number of nitrogens with zero attached hydrogens (tertiary/aromatic N) is 1. The summed E-state index contributed by atoms with van der Waals surface area (Å²) < 4.78 is 11.3. The number of aliphatic hydroxyl groups excluding tert-OH is 2. The van der Waals surface area contributed by atoms with Crippen molar-refractivity contribution in [2.45, 2.75) is 90.3 Å². The number of guanidine groups is 1. The molecule has 0 aromatic heterocycles. The highest BCUT2D eigenvalue weighted by molar-refractivity contribution is 5.75. The maximum Gasteiger partial charge on any atom is 0.185 e. The van der Waals surface area contributed by atoms with E-state index in [1.165, 1.54) is 58.4 Å². The number of ether oxygens (including phenoxy) is 2. The monoisotopic (exact) mass is 403 g/mol. The number of aliphatic imine (C=N–C) groups is 1. The van der Waals surface area contributed by atoms with Crippen LogP contribution < -0.4 is 11.5 Å². The third-order valence-corrected chi connectivity index (χ3v) is 4.28. The van der Waals surface area contributed by atoms with Crippen molar-refractivity contribution in [3.8, 4) is 0 Å². The number of unbranched alkanes of at least 4 members (excludes halogenated alkanes) is 7. The predicted octanol–water partition coefficient (Wildman–Crippen LogP) is 3.65. The standard InChI is InChI=1S/C16H32O3.C3H6O.C2H7N3/c1-2-3-4-5-6-7-8-9-11-18-15-10-12-19-16(13-15)14-17;1-2-3-4;1-5-2(3)4/h15-17H,2-14H2,1H3;2-4H,1H3;1H3,(H4,3,4,5)/b;3-2-;. The molecule has 28 heavy (non-hydrogen) atoms. The lowest BCUT2D eigenvalue weighted by Gasteiger charge is -2.28. The summed E-state index contributed by atoms with van der Waals surface area (Å²) in [7, 11) is 1.54. The minimum Gasteiger partial charge on any atom is -0.516 e. The van der Waals surface area contributed by atoms with Crippen LogP contribution in [-0.2, 0) is 9.47 Å². The van der Waals surface area contributed by atoms with Gasteiger partial charge in [-0.05, 0) is 19.8 Å². The molecule has 0 aliphatic carbocycles. The van der Waals surface area contributed by atoms with E-state index in [0.29, 0.717) is 6.10 Å². The lowest BCUT2D eigenvalue weighted by atomic mass is 10.1. The number of nitrogens with two attached hydrogens (primary N) is 2. The summed E-state index contributed by atoms with van der Waals surface area (Å²) in [6, 6.07) is 0. The zero-order valence-electron chi connectivity index (χ0n) is 18.3. The van der Waals surface area contributed by atoms with Gasteiger partial charge in [0.25, 0.3) is 0 Å². The van der Waals surface area contributed by atoms with Gasteiger partial charge in [-0.1, -0.05) is 57.9 Å². The smallest absolute Gasteiger partial charge is 0.185 e. The minimum atomic E-state index is -0.00249. The van der Waals surface area contributed by atoms with Crippen molar-refractivity contribution >= 4 is 5.96 Å². The Kier molecular flexibility index (Phi) is 24.5. The van der Waals surface area contributed by atoms with Crippen LogP contribution in [0.5, 0.6) is 0 Å². The normalized spacial score (nSPS) is 18.6. The number of aliphatic hydroxyl groups is 2. The molecular formula is C21H45N3O4. The number of rotatable bonds is 11. The molecule has 0 aromatic carbocycles. The summed E-state index contributed by atoms with van der Waals surface area (Å²) in [4.78, 5) is 3.36. The fourth-order valence-electron chi connectivity index (χ4n) is 2.61. The molecule has 0 amide bonds. The van der Waals surface area contributed by atoms with Gasteiger partial charge in [-0.25, -0.2) is 0 Å². The molecule has 0 radical (unpaired) electrons. The van der Waals surface area contributed by atoms with Crippen LogP contribution in [0, 0.1) is 0 Å². The lowest BCUT2D eigenvalue weighted by molar-refractivity contribution is -0.0879. The van der Waals surface area contributed by atoms with Crippen molar-refractivity contribution in [1.29, 1.82) is 0 Å². The Labute approximate surface area is 172 Å². The molecule has 7 heteroatoms. The number of hydrogen-bond acceptors (Lipinski definition) is 5. The van der Waals surface area contributed by atoms with Crippen LogP contribution in [0.3, 0.4) is 0 Å². The Morgan fingerprint density at radius 1 is 1.14 bits per heavy atom. The SMILES string of the molecule is C/C=C\O.CCCCCCCCCCOC1CCOC(CO)C1.CN=C(N)N. The molecule has 1 rings (SSSR count). The first-order valence-corrected chi connectivity index (χ1v) is 10.6. The zero-order chi connectivity index (χ0) is 21.5. The van der Waals surface area contributed by atoms with Gasteiger partial charge in [-0.2, -0.15) is 0 Å². The van der Waals surface area contributed by atoms with Crippen molar-refractivity contribution in [2.75, 3.05) is 26.9 Å². The Hall–Kier alpha value is -1.31. The summed E-state index contributed by atoms with van der Waals surface area (Å²) in [5.41, 5.74) is 9.64. The summed E-state index contributed by atoms with van der Waals surface area (Å²) >= 11 is 0. The van der Waals surface area contributed by atoms with Gasteiger partial charge < -0.3 is 31.2 Å². The highest BCUT2D eigenvalue weighted by Crippen LogP contribution is 2.17. The van der Waals surface area contributed by atoms with Gasteiger partial charge >= 0.3 is 0 Å². The highest BCUT2D eigenvalue weighted by atomic mass is 16.5. The summed E-state index contributed by atoms with van der Waals surface area (Å²) in [6.45, 7) is 5.73. The van der Waals surface area contributed by atoms with Crippen LogP contribution in [0.1, 0.15) is 78.1 Å². The summed E-state index contributed by atoms with van der Waals surface area (Å²) in [5, 5.41) is 16.8. The molecule has 168 valence electrons. The van der Waals surface area contributed by atoms with Gasteiger partial charge in [-0.15, -0.1) is 0 Å². The van der Waals surface area contributed by atoms with Gasteiger partial charge in [0, 0.05) is 26.7 Å². The number of allylic oxidation sites excluding steroid dienone is 1. The third kappa shape index (κ3) is 22.7. The average molecular weight is 404 g/mol. The highest BCUT2D eigenvalue weighted by Gasteiger charge is 2.22. The Balaban J connectivity index is 0. The zero-order valence-corrected chi connectivity index (χ0v) is 18.3. The van der Waals surface area contributed by atoms with Gasteiger partial charge in [0.05, 0.1) is 25.1 Å². The van der Waals surface area contributed by atoms with Crippen molar-refractivity contribution in [2.24, 2.45) is 16.5 Å². The quantitative estimate of drug-likeness (QED) is 0.181. The summed E-state index contributed by atoms with van der Waals surface area (Å²) in [5.74, 6) is 0.130. The Morgan fingerprint density at radius 3 is 2.14 bits per heavy atom. The van der Waals surface area contributed by atoms with Crippen LogP contribution in [0.2, 0.25) is 0 Å². The molecule has 1 aliphatic rings. The first-order chi connectivity index (χ1) is 13.5. The predicted molar refractivity (Wildman–Crippen MR) is 118 cm³/mol. The molecule has 0 bridgehead atoms. The molecular weight excluding hydrogens is 358 g/mol. The molecule has 1 saturated heterocycles. The second-order valence-electron chi connectivity index (χ2n) is 6.80.